The van der Waals surface area contributed by atoms with Crippen molar-refractivity contribution in [2.75, 3.05) is 20.3 Å². The van der Waals surface area contributed by atoms with Crippen LogP contribution in [0.3, 0.4) is 0 Å². The molecule has 0 bridgehead atoms. The van der Waals surface area contributed by atoms with Crippen molar-refractivity contribution in [3.05, 3.63) is 0 Å². The largest absolute Gasteiger partial charge is 0.380 e. The molecule has 1 heterocycles. The summed E-state index contributed by atoms with van der Waals surface area (Å²) in [5.41, 5.74) is 0.209. The number of nitrogens with one attached hydrogen (secondary N) is 1. The van der Waals surface area contributed by atoms with Gasteiger partial charge in [0, 0.05) is 19.8 Å². The van der Waals surface area contributed by atoms with Gasteiger partial charge in [-0.25, -0.2) is 0 Å². The van der Waals surface area contributed by atoms with E-state index in [1.54, 1.807) is 0 Å². The fourth-order valence-corrected chi connectivity index (χ4v) is 4.22. The molecule has 1 saturated heterocycles. The minimum atomic E-state index is 0.209. The van der Waals surface area contributed by atoms with E-state index in [0.717, 1.165) is 19.6 Å². The van der Waals surface area contributed by atoms with Crippen LogP contribution in [0.15, 0.2) is 0 Å². The molecule has 0 amide bonds. The average molecular weight is 283 g/mol. The van der Waals surface area contributed by atoms with Gasteiger partial charge in [-0.05, 0) is 51.0 Å². The van der Waals surface area contributed by atoms with Crippen LogP contribution in [0.25, 0.3) is 0 Å². The van der Waals surface area contributed by atoms with Crippen LogP contribution in [0.1, 0.15) is 65.2 Å². The van der Waals surface area contributed by atoms with Crippen LogP contribution in [-0.2, 0) is 9.47 Å². The Morgan fingerprint density at radius 3 is 2.65 bits per heavy atom. The second-order valence-electron chi connectivity index (χ2n) is 6.65. The molecule has 3 atom stereocenters. The van der Waals surface area contributed by atoms with Crippen molar-refractivity contribution in [1.82, 2.24) is 5.32 Å². The lowest BCUT2D eigenvalue weighted by Gasteiger charge is -2.43. The Hall–Kier alpha value is -0.120. The predicted molar refractivity (Wildman–Crippen MR) is 83.0 cm³/mol. The summed E-state index contributed by atoms with van der Waals surface area (Å²) in [5, 5.41) is 3.77. The molecule has 1 N–H and O–H groups in total. The van der Waals surface area contributed by atoms with Crippen LogP contribution >= 0.6 is 0 Å². The first-order valence-electron chi connectivity index (χ1n) is 8.65. The van der Waals surface area contributed by atoms with E-state index in [0.29, 0.717) is 18.1 Å². The highest BCUT2D eigenvalue weighted by Crippen LogP contribution is 2.43. The van der Waals surface area contributed by atoms with Crippen LogP contribution in [-0.4, -0.2) is 38.0 Å². The summed E-state index contributed by atoms with van der Waals surface area (Å²) in [5.74, 6) is 0.707. The molecule has 2 fully saturated rings. The van der Waals surface area contributed by atoms with Crippen LogP contribution < -0.4 is 5.32 Å². The van der Waals surface area contributed by atoms with Gasteiger partial charge < -0.3 is 14.8 Å². The minimum absolute atomic E-state index is 0.209. The quantitative estimate of drug-likeness (QED) is 0.775. The maximum atomic E-state index is 6.19. The van der Waals surface area contributed by atoms with Crippen LogP contribution in [0.4, 0.5) is 0 Å². The maximum Gasteiger partial charge on any atom is 0.0724 e. The Morgan fingerprint density at radius 2 is 2.05 bits per heavy atom. The number of methoxy groups -OCH3 is 1. The fraction of sp³-hybridized carbons (Fsp3) is 1.00. The summed E-state index contributed by atoms with van der Waals surface area (Å²) in [6.07, 6.45) is 10.3. The molecule has 0 radical (unpaired) electrons. The van der Waals surface area contributed by atoms with Crippen molar-refractivity contribution in [2.45, 2.75) is 83.0 Å². The zero-order chi connectivity index (χ0) is 14.4. The van der Waals surface area contributed by atoms with E-state index in [4.69, 9.17) is 9.47 Å². The van der Waals surface area contributed by atoms with E-state index < -0.39 is 0 Å². The molecular formula is C17H33NO2. The van der Waals surface area contributed by atoms with Crippen LogP contribution in [0, 0.1) is 5.92 Å². The highest BCUT2D eigenvalue weighted by atomic mass is 16.5. The molecular weight excluding hydrogens is 250 g/mol. The highest BCUT2D eigenvalue weighted by Gasteiger charge is 2.43. The van der Waals surface area contributed by atoms with Crippen LogP contribution in [0.5, 0.6) is 0 Å². The Bertz CT molecular complexity index is 272. The summed E-state index contributed by atoms with van der Waals surface area (Å²) >= 11 is 0. The van der Waals surface area contributed by atoms with E-state index in [2.05, 4.69) is 19.2 Å². The van der Waals surface area contributed by atoms with Gasteiger partial charge in [0.15, 0.2) is 0 Å². The molecule has 118 valence electrons. The van der Waals surface area contributed by atoms with Gasteiger partial charge in [-0.2, -0.15) is 0 Å². The lowest BCUT2D eigenvalue weighted by molar-refractivity contribution is -0.107. The second kappa shape index (κ2) is 7.77. The molecule has 0 aromatic heterocycles. The minimum Gasteiger partial charge on any atom is -0.380 e. The van der Waals surface area contributed by atoms with E-state index in [1.165, 1.54) is 44.9 Å². The van der Waals surface area contributed by atoms with Gasteiger partial charge >= 0.3 is 0 Å². The zero-order valence-corrected chi connectivity index (χ0v) is 13.6. The van der Waals surface area contributed by atoms with E-state index in [1.807, 2.05) is 7.11 Å². The first kappa shape index (κ1) is 16.3. The maximum absolute atomic E-state index is 6.19. The van der Waals surface area contributed by atoms with Crippen molar-refractivity contribution in [2.24, 2.45) is 5.92 Å². The van der Waals surface area contributed by atoms with E-state index >= 15 is 0 Å². The molecule has 2 rings (SSSR count). The third kappa shape index (κ3) is 3.75. The van der Waals surface area contributed by atoms with Gasteiger partial charge in [-0.15, -0.1) is 0 Å². The zero-order valence-electron chi connectivity index (χ0n) is 13.6. The van der Waals surface area contributed by atoms with Crippen molar-refractivity contribution in [3.8, 4) is 0 Å². The normalized spacial score (nSPS) is 28.6. The Labute approximate surface area is 124 Å². The highest BCUT2D eigenvalue weighted by molar-refractivity contribution is 4.96. The summed E-state index contributed by atoms with van der Waals surface area (Å²) in [4.78, 5) is 0. The van der Waals surface area contributed by atoms with Crippen LogP contribution in [0.2, 0.25) is 0 Å². The molecule has 1 saturated carbocycles. The van der Waals surface area contributed by atoms with Gasteiger partial charge in [0.05, 0.1) is 11.7 Å². The smallest absolute Gasteiger partial charge is 0.0724 e. The first-order valence-corrected chi connectivity index (χ1v) is 8.65. The third-order valence-corrected chi connectivity index (χ3v) is 5.29. The van der Waals surface area contributed by atoms with Gasteiger partial charge in [-0.1, -0.05) is 26.7 Å². The monoisotopic (exact) mass is 283 g/mol. The first-order chi connectivity index (χ1) is 9.74. The molecule has 0 aromatic carbocycles. The Balaban J connectivity index is 2.02. The number of rotatable bonds is 7. The molecule has 20 heavy (non-hydrogen) atoms. The topological polar surface area (TPSA) is 30.5 Å². The molecule has 1 aliphatic heterocycles. The van der Waals surface area contributed by atoms with Crippen molar-refractivity contribution < 1.29 is 9.47 Å². The molecule has 1 aliphatic carbocycles. The predicted octanol–water partition coefficient (Wildman–Crippen LogP) is 3.52. The van der Waals surface area contributed by atoms with E-state index in [9.17, 15) is 0 Å². The molecule has 0 aromatic rings. The van der Waals surface area contributed by atoms with Crippen molar-refractivity contribution in [1.29, 1.82) is 0 Å². The summed E-state index contributed by atoms with van der Waals surface area (Å²) < 4.78 is 11.9. The Kier molecular flexibility index (Phi) is 6.31. The molecule has 3 nitrogen and oxygen atoms in total. The lowest BCUT2D eigenvalue weighted by atomic mass is 9.78. The number of ether oxygens (including phenoxy) is 2. The third-order valence-electron chi connectivity index (χ3n) is 5.29. The van der Waals surface area contributed by atoms with Gasteiger partial charge in [0.25, 0.3) is 0 Å². The Morgan fingerprint density at radius 1 is 1.30 bits per heavy atom. The number of hydrogen-bond donors (Lipinski definition) is 1. The summed E-state index contributed by atoms with van der Waals surface area (Å²) in [7, 11) is 1.86. The fourth-order valence-electron chi connectivity index (χ4n) is 4.22. The van der Waals surface area contributed by atoms with Crippen molar-refractivity contribution >= 4 is 0 Å². The molecule has 2 aliphatic rings. The second-order valence-corrected chi connectivity index (χ2v) is 6.65. The van der Waals surface area contributed by atoms with E-state index in [-0.39, 0.29) is 5.60 Å². The molecule has 3 unspecified atom stereocenters. The molecule has 1 spiro atoms. The average Bonchev–Trinajstić information content (AvgIpc) is 2.91. The van der Waals surface area contributed by atoms with Crippen molar-refractivity contribution in [3.63, 3.8) is 0 Å². The molecule has 3 heteroatoms. The van der Waals surface area contributed by atoms with Gasteiger partial charge in [0.1, 0.15) is 0 Å². The van der Waals surface area contributed by atoms with Gasteiger partial charge in [0.2, 0.25) is 0 Å². The number of hydrogen-bond acceptors (Lipinski definition) is 3. The summed E-state index contributed by atoms with van der Waals surface area (Å²) in [6, 6.07) is 0.492. The SMILES string of the molecule is CCCNC(C1CCOC2(CCCC2)C1)C(CC)OC. The lowest BCUT2D eigenvalue weighted by Crippen LogP contribution is -2.51. The summed E-state index contributed by atoms with van der Waals surface area (Å²) in [6.45, 7) is 6.50. The van der Waals surface area contributed by atoms with Gasteiger partial charge in [-0.3, -0.25) is 0 Å². The standard InChI is InChI=1S/C17H33NO2/c1-4-11-18-16(15(5-2)19-3)14-8-12-20-17(13-14)9-6-7-10-17/h14-16,18H,4-13H2,1-3H3.